The smallest absolute Gasteiger partial charge is 0.333 e. The van der Waals surface area contributed by atoms with Crippen molar-refractivity contribution < 1.29 is 4.79 Å². The average molecular weight is 455 g/mol. The van der Waals surface area contributed by atoms with E-state index in [0.29, 0.717) is 26.8 Å². The van der Waals surface area contributed by atoms with Gasteiger partial charge in [0.2, 0.25) is 5.91 Å². The lowest BCUT2D eigenvalue weighted by Crippen LogP contribution is -2.32. The van der Waals surface area contributed by atoms with Crippen LogP contribution in [0.1, 0.15) is 12.8 Å². The highest BCUT2D eigenvalue weighted by atomic mass is 35.5. The molecule has 0 aliphatic heterocycles. The number of H-pyrrole nitrogens is 1. The Kier molecular flexibility index (Phi) is 6.01. The maximum atomic E-state index is 12.8. The van der Waals surface area contributed by atoms with Gasteiger partial charge in [-0.3, -0.25) is 14.6 Å². The van der Waals surface area contributed by atoms with Crippen LogP contribution in [-0.2, 0) is 4.79 Å². The minimum atomic E-state index is -0.496. The zero-order valence-corrected chi connectivity index (χ0v) is 18.2. The quantitative estimate of drug-likeness (QED) is 0.494. The molecule has 0 spiro atoms. The molecule has 1 aromatic carbocycles. The van der Waals surface area contributed by atoms with Gasteiger partial charge in [-0.15, -0.1) is 11.3 Å². The first-order chi connectivity index (χ1) is 15.0. The van der Waals surface area contributed by atoms with E-state index in [0.717, 1.165) is 27.8 Å². The summed E-state index contributed by atoms with van der Waals surface area (Å²) in [5, 5.41) is 3.18. The van der Waals surface area contributed by atoms with E-state index in [9.17, 15) is 14.4 Å². The first kappa shape index (κ1) is 21.0. The first-order valence-corrected chi connectivity index (χ1v) is 10.8. The lowest BCUT2D eigenvalue weighted by molar-refractivity contribution is -0.121. The van der Waals surface area contributed by atoms with Gasteiger partial charge in [-0.25, -0.2) is 9.36 Å². The molecule has 0 unspecified atom stereocenters. The van der Waals surface area contributed by atoms with Gasteiger partial charge >= 0.3 is 5.69 Å². The number of hydrogen-bond acceptors (Lipinski definition) is 5. The predicted octanol–water partition coefficient (Wildman–Crippen LogP) is 3.60. The van der Waals surface area contributed by atoms with Crippen LogP contribution >= 0.6 is 22.9 Å². The Labute approximate surface area is 186 Å². The standard InChI is InChI=1S/C17H10ClN3O2S.C5H9NO/c18-12-6-2-1-5-11(12)14-8-13-15(24-14)16(22)21(17(23)20-13)10-4-3-7-19-9-10;1-6-5(7)4-2-3-4/h1-9H,(H,20,23);4H,2-3H2,1H3,(H,6,7). The van der Waals surface area contributed by atoms with Crippen LogP contribution in [-0.4, -0.2) is 27.5 Å². The lowest BCUT2D eigenvalue weighted by Gasteiger charge is -2.02. The van der Waals surface area contributed by atoms with E-state index in [1.165, 1.54) is 17.5 Å². The third-order valence-electron chi connectivity index (χ3n) is 4.81. The summed E-state index contributed by atoms with van der Waals surface area (Å²) in [4.78, 5) is 43.1. The molecule has 1 saturated carbocycles. The molecule has 1 aliphatic carbocycles. The molecule has 9 heteroatoms. The molecule has 3 heterocycles. The number of fused-ring (bicyclic) bond motifs is 1. The van der Waals surface area contributed by atoms with Crippen LogP contribution in [0.3, 0.4) is 0 Å². The monoisotopic (exact) mass is 454 g/mol. The summed E-state index contributed by atoms with van der Waals surface area (Å²) in [6.07, 6.45) is 5.26. The number of halogens is 1. The molecule has 31 heavy (non-hydrogen) atoms. The van der Waals surface area contributed by atoms with Crippen molar-refractivity contribution in [2.24, 2.45) is 5.92 Å². The molecule has 0 saturated heterocycles. The fourth-order valence-electron chi connectivity index (χ4n) is 3.07. The Bertz CT molecular complexity index is 1360. The molecule has 0 atom stereocenters. The zero-order valence-electron chi connectivity index (χ0n) is 16.6. The van der Waals surface area contributed by atoms with E-state index < -0.39 is 5.69 Å². The maximum absolute atomic E-state index is 12.8. The van der Waals surface area contributed by atoms with Crippen molar-refractivity contribution in [2.45, 2.75) is 12.8 Å². The number of carbonyl (C=O) groups is 1. The van der Waals surface area contributed by atoms with E-state index in [1.54, 1.807) is 37.5 Å². The second kappa shape index (κ2) is 8.87. The molecule has 3 aromatic heterocycles. The lowest BCUT2D eigenvalue weighted by atomic mass is 10.2. The normalized spacial score (nSPS) is 12.8. The van der Waals surface area contributed by atoms with Gasteiger partial charge in [-0.1, -0.05) is 29.8 Å². The first-order valence-electron chi connectivity index (χ1n) is 9.65. The van der Waals surface area contributed by atoms with Crippen molar-refractivity contribution >= 4 is 39.1 Å². The van der Waals surface area contributed by atoms with E-state index in [2.05, 4.69) is 15.3 Å². The van der Waals surface area contributed by atoms with E-state index in [4.69, 9.17) is 11.6 Å². The number of hydrogen-bond donors (Lipinski definition) is 2. The van der Waals surface area contributed by atoms with Gasteiger partial charge in [-0.05, 0) is 37.1 Å². The van der Waals surface area contributed by atoms with Gasteiger partial charge in [0.05, 0.1) is 17.4 Å². The molecule has 2 N–H and O–H groups in total. The molecule has 158 valence electrons. The zero-order chi connectivity index (χ0) is 22.0. The van der Waals surface area contributed by atoms with Crippen LogP contribution in [0, 0.1) is 5.92 Å². The second-order valence-corrected chi connectivity index (χ2v) is 8.46. The molecule has 0 bridgehead atoms. The van der Waals surface area contributed by atoms with Gasteiger partial charge < -0.3 is 10.3 Å². The van der Waals surface area contributed by atoms with Crippen molar-refractivity contribution in [1.82, 2.24) is 19.9 Å². The number of pyridine rings is 1. The molecule has 1 aliphatic rings. The molecule has 1 amide bonds. The highest BCUT2D eigenvalue weighted by Crippen LogP contribution is 2.34. The molecule has 5 rings (SSSR count). The van der Waals surface area contributed by atoms with Crippen molar-refractivity contribution in [2.75, 3.05) is 7.05 Å². The number of aromatic amines is 1. The summed E-state index contributed by atoms with van der Waals surface area (Å²) in [6, 6.07) is 12.5. The molecule has 0 radical (unpaired) electrons. The Morgan fingerprint density at radius 3 is 2.61 bits per heavy atom. The fourth-order valence-corrected chi connectivity index (χ4v) is 4.45. The van der Waals surface area contributed by atoms with Gasteiger partial charge in [0.1, 0.15) is 4.70 Å². The van der Waals surface area contributed by atoms with Crippen LogP contribution in [0.2, 0.25) is 5.02 Å². The summed E-state index contributed by atoms with van der Waals surface area (Å²) >= 11 is 7.53. The van der Waals surface area contributed by atoms with Crippen molar-refractivity contribution in [3.63, 3.8) is 0 Å². The van der Waals surface area contributed by atoms with E-state index >= 15 is 0 Å². The maximum Gasteiger partial charge on any atom is 0.333 e. The summed E-state index contributed by atoms with van der Waals surface area (Å²) in [5.74, 6) is 0.574. The number of aromatic nitrogens is 3. The van der Waals surface area contributed by atoms with Gasteiger partial charge in [0.15, 0.2) is 0 Å². The number of carbonyl (C=O) groups excluding carboxylic acids is 1. The summed E-state index contributed by atoms with van der Waals surface area (Å²) in [7, 11) is 1.68. The Morgan fingerprint density at radius 1 is 1.23 bits per heavy atom. The summed E-state index contributed by atoms with van der Waals surface area (Å²) < 4.78 is 1.55. The van der Waals surface area contributed by atoms with Crippen LogP contribution < -0.4 is 16.6 Å². The summed E-state index contributed by atoms with van der Waals surface area (Å²) in [6.45, 7) is 0. The molecule has 1 fully saturated rings. The highest BCUT2D eigenvalue weighted by molar-refractivity contribution is 7.22. The Morgan fingerprint density at radius 2 is 2.00 bits per heavy atom. The fraction of sp³-hybridized carbons (Fsp3) is 0.182. The van der Waals surface area contributed by atoms with Gasteiger partial charge in [-0.2, -0.15) is 0 Å². The topological polar surface area (TPSA) is 96.9 Å². The number of rotatable bonds is 3. The van der Waals surface area contributed by atoms with Crippen molar-refractivity contribution in [3.05, 3.63) is 80.7 Å². The minimum absolute atomic E-state index is 0.208. The molecular weight excluding hydrogens is 436 g/mol. The summed E-state index contributed by atoms with van der Waals surface area (Å²) in [5.41, 5.74) is 0.894. The number of nitrogens with zero attached hydrogens (tertiary/aromatic N) is 2. The minimum Gasteiger partial charge on any atom is -0.359 e. The third-order valence-corrected chi connectivity index (χ3v) is 6.30. The van der Waals surface area contributed by atoms with Crippen molar-refractivity contribution in [3.8, 4) is 16.1 Å². The number of nitrogens with one attached hydrogen (secondary N) is 2. The van der Waals surface area contributed by atoms with Gasteiger partial charge in [0.25, 0.3) is 5.56 Å². The van der Waals surface area contributed by atoms with Crippen LogP contribution in [0.25, 0.3) is 26.3 Å². The molecule has 4 aromatic rings. The van der Waals surface area contributed by atoms with Gasteiger partial charge in [0, 0.05) is 34.6 Å². The van der Waals surface area contributed by atoms with Crippen LogP contribution in [0.5, 0.6) is 0 Å². The van der Waals surface area contributed by atoms with Crippen molar-refractivity contribution in [1.29, 1.82) is 0 Å². The second-order valence-electron chi connectivity index (χ2n) is 7.00. The SMILES string of the molecule is CNC(=O)C1CC1.O=c1[nH]c2cc(-c3ccccc3Cl)sc2c(=O)n1-c1cccnc1. The Balaban J connectivity index is 0.000000282. The molecular formula is C22H19ClN4O3S. The number of amides is 1. The van der Waals surface area contributed by atoms with Crippen LogP contribution in [0.4, 0.5) is 0 Å². The largest absolute Gasteiger partial charge is 0.359 e. The average Bonchev–Trinajstić information content (AvgIpc) is 3.54. The van der Waals surface area contributed by atoms with E-state index in [1.807, 2.05) is 18.2 Å². The highest BCUT2D eigenvalue weighted by Gasteiger charge is 2.28. The Hall–Kier alpha value is -3.23. The van der Waals surface area contributed by atoms with E-state index in [-0.39, 0.29) is 11.5 Å². The third kappa shape index (κ3) is 4.45. The van der Waals surface area contributed by atoms with Crippen LogP contribution in [0.15, 0.2) is 64.4 Å². The predicted molar refractivity (Wildman–Crippen MR) is 123 cm³/mol. The molecule has 7 nitrogen and oxygen atoms in total. The number of benzene rings is 1. The number of thiophene rings is 1.